The maximum absolute atomic E-state index is 11.0. The number of carbonyl (C=O) groups is 1. The van der Waals surface area contributed by atoms with Gasteiger partial charge in [-0.15, -0.1) is 0 Å². The molecule has 0 aliphatic carbocycles. The maximum atomic E-state index is 11.0. The lowest BCUT2D eigenvalue weighted by molar-refractivity contribution is -0.136. The van der Waals surface area contributed by atoms with Gasteiger partial charge in [0.2, 0.25) is 0 Å². The molecule has 1 aromatic heterocycles. The number of carboxylic acid groups (broad SMARTS) is 1. The molecule has 3 aromatic rings. The van der Waals surface area contributed by atoms with E-state index in [2.05, 4.69) is 0 Å². The molecule has 0 bridgehead atoms. The van der Waals surface area contributed by atoms with E-state index in [0.29, 0.717) is 16.5 Å². The Morgan fingerprint density at radius 3 is 2.46 bits per heavy atom. The number of hydrogen-bond donors (Lipinski definition) is 1. The van der Waals surface area contributed by atoms with Crippen molar-refractivity contribution in [2.45, 2.75) is 12.8 Å². The molecule has 0 fully saturated rings. The summed E-state index contributed by atoms with van der Waals surface area (Å²) in [7, 11) is 1.62. The number of ether oxygens (including phenoxy) is 1. The number of aliphatic carboxylic acids is 1. The number of halogens is 2. The molecule has 0 aliphatic rings. The van der Waals surface area contributed by atoms with E-state index < -0.39 is 5.97 Å². The molecule has 0 aliphatic heterocycles. The van der Waals surface area contributed by atoms with Crippen LogP contribution >= 0.6 is 23.2 Å². The van der Waals surface area contributed by atoms with Crippen LogP contribution in [0.4, 0.5) is 0 Å². The molecule has 1 N–H and O–H groups in total. The lowest BCUT2D eigenvalue weighted by atomic mass is 10.1. The maximum Gasteiger partial charge on any atom is 0.303 e. The van der Waals surface area contributed by atoms with Crippen LogP contribution in [0, 0.1) is 0 Å². The second-order valence-electron chi connectivity index (χ2n) is 5.76. The Labute approximate surface area is 161 Å². The summed E-state index contributed by atoms with van der Waals surface area (Å²) in [6, 6.07) is 16.8. The van der Waals surface area contributed by atoms with Crippen LogP contribution in [0.1, 0.15) is 12.1 Å². The van der Waals surface area contributed by atoms with Crippen LogP contribution in [0.2, 0.25) is 10.0 Å². The van der Waals surface area contributed by atoms with Crippen molar-refractivity contribution in [2.75, 3.05) is 7.11 Å². The molecular formula is C20H17Cl2NO3. The van der Waals surface area contributed by atoms with Crippen molar-refractivity contribution in [3.63, 3.8) is 0 Å². The highest BCUT2D eigenvalue weighted by Gasteiger charge is 2.16. The highest BCUT2D eigenvalue weighted by molar-refractivity contribution is 6.34. The Hall–Kier alpha value is -2.43. The van der Waals surface area contributed by atoms with Gasteiger partial charge in [0.25, 0.3) is 0 Å². The molecule has 1 heterocycles. The normalized spacial score (nSPS) is 10.7. The summed E-state index contributed by atoms with van der Waals surface area (Å²) in [4.78, 5) is 11.0. The van der Waals surface area contributed by atoms with E-state index in [4.69, 9.17) is 33.0 Å². The van der Waals surface area contributed by atoms with Crippen LogP contribution in [-0.4, -0.2) is 22.8 Å². The van der Waals surface area contributed by atoms with Crippen molar-refractivity contribution in [3.05, 3.63) is 70.3 Å². The van der Waals surface area contributed by atoms with Gasteiger partial charge >= 0.3 is 5.97 Å². The van der Waals surface area contributed by atoms with Crippen LogP contribution in [0.5, 0.6) is 5.75 Å². The zero-order chi connectivity index (χ0) is 18.7. The van der Waals surface area contributed by atoms with E-state index in [9.17, 15) is 4.79 Å². The van der Waals surface area contributed by atoms with Crippen LogP contribution in [0.15, 0.2) is 54.6 Å². The predicted octanol–water partition coefficient (Wildman–Crippen LogP) is 5.48. The van der Waals surface area contributed by atoms with E-state index in [1.54, 1.807) is 25.3 Å². The third-order valence-corrected chi connectivity index (χ3v) is 4.65. The van der Waals surface area contributed by atoms with Crippen LogP contribution < -0.4 is 4.74 Å². The number of methoxy groups -OCH3 is 1. The van der Waals surface area contributed by atoms with Crippen molar-refractivity contribution in [1.29, 1.82) is 0 Å². The lowest BCUT2D eigenvalue weighted by Gasteiger charge is -2.16. The third kappa shape index (κ3) is 3.87. The van der Waals surface area contributed by atoms with Gasteiger partial charge in [0, 0.05) is 10.7 Å². The molecule has 0 atom stereocenters. The van der Waals surface area contributed by atoms with Crippen molar-refractivity contribution in [3.8, 4) is 22.7 Å². The quantitative estimate of drug-likeness (QED) is 0.607. The standard InChI is InChI=1S/C20H17Cl2NO3/c1-26-16-7-2-13(3-8-16)18-10-5-15(6-11-20(24)25)23(18)19-12-14(21)4-9-17(19)22/h2-5,7-10,12H,6,11H2,1H3,(H,24,25). The summed E-state index contributed by atoms with van der Waals surface area (Å²) >= 11 is 12.6. The molecule has 0 radical (unpaired) electrons. The van der Waals surface area contributed by atoms with E-state index in [1.165, 1.54) is 0 Å². The fraction of sp³-hybridized carbons (Fsp3) is 0.150. The number of benzene rings is 2. The molecule has 3 rings (SSSR count). The monoisotopic (exact) mass is 389 g/mol. The Balaban J connectivity index is 2.15. The Morgan fingerprint density at radius 2 is 1.81 bits per heavy atom. The first-order chi connectivity index (χ1) is 12.5. The number of carboxylic acids is 1. The Kier molecular flexibility index (Phi) is 5.55. The minimum absolute atomic E-state index is 0.0320. The third-order valence-electron chi connectivity index (χ3n) is 4.09. The molecule has 0 amide bonds. The fourth-order valence-electron chi connectivity index (χ4n) is 2.84. The summed E-state index contributed by atoms with van der Waals surface area (Å²) in [6.45, 7) is 0. The molecule has 0 saturated heterocycles. The second kappa shape index (κ2) is 7.85. The first kappa shape index (κ1) is 18.4. The van der Waals surface area contributed by atoms with Gasteiger partial charge in [-0.2, -0.15) is 0 Å². The number of aromatic nitrogens is 1. The van der Waals surface area contributed by atoms with Gasteiger partial charge in [-0.05, 0) is 66.6 Å². The molecule has 4 nitrogen and oxygen atoms in total. The molecule has 0 spiro atoms. The van der Waals surface area contributed by atoms with Gasteiger partial charge in [0.1, 0.15) is 5.75 Å². The molecular weight excluding hydrogens is 373 g/mol. The summed E-state index contributed by atoms with van der Waals surface area (Å²) < 4.78 is 7.17. The first-order valence-corrected chi connectivity index (χ1v) is 8.77. The SMILES string of the molecule is COc1ccc(-c2ccc(CCC(=O)O)n2-c2cc(Cl)ccc2Cl)cc1. The van der Waals surface area contributed by atoms with E-state index in [-0.39, 0.29) is 6.42 Å². The summed E-state index contributed by atoms with van der Waals surface area (Å²) in [5, 5.41) is 10.1. The van der Waals surface area contributed by atoms with E-state index in [1.807, 2.05) is 41.0 Å². The summed E-state index contributed by atoms with van der Waals surface area (Å²) in [5.74, 6) is -0.0836. The Morgan fingerprint density at radius 1 is 1.08 bits per heavy atom. The largest absolute Gasteiger partial charge is 0.497 e. The average molecular weight is 390 g/mol. The summed E-state index contributed by atoms with van der Waals surface area (Å²) in [6.07, 6.45) is 0.415. The number of aryl methyl sites for hydroxylation is 1. The topological polar surface area (TPSA) is 51.5 Å². The van der Waals surface area contributed by atoms with Gasteiger partial charge in [-0.3, -0.25) is 4.79 Å². The van der Waals surface area contributed by atoms with E-state index >= 15 is 0 Å². The van der Waals surface area contributed by atoms with Gasteiger partial charge < -0.3 is 14.4 Å². The van der Waals surface area contributed by atoms with Crippen molar-refractivity contribution in [1.82, 2.24) is 4.57 Å². The van der Waals surface area contributed by atoms with Crippen molar-refractivity contribution < 1.29 is 14.6 Å². The Bertz CT molecular complexity index is 933. The van der Waals surface area contributed by atoms with Crippen molar-refractivity contribution in [2.24, 2.45) is 0 Å². The second-order valence-corrected chi connectivity index (χ2v) is 6.61. The van der Waals surface area contributed by atoms with E-state index in [0.717, 1.165) is 28.4 Å². The van der Waals surface area contributed by atoms with Gasteiger partial charge in [-0.25, -0.2) is 0 Å². The zero-order valence-corrected chi connectivity index (χ0v) is 15.6. The minimum atomic E-state index is -0.846. The molecule has 134 valence electrons. The number of nitrogens with zero attached hydrogens (tertiary/aromatic N) is 1. The van der Waals surface area contributed by atoms with Gasteiger partial charge in [0.15, 0.2) is 0 Å². The van der Waals surface area contributed by atoms with Crippen molar-refractivity contribution >= 4 is 29.2 Å². The molecule has 0 saturated carbocycles. The molecule has 6 heteroatoms. The molecule has 0 unspecified atom stereocenters. The van der Waals surface area contributed by atoms with Crippen LogP contribution in [0.25, 0.3) is 16.9 Å². The highest BCUT2D eigenvalue weighted by Crippen LogP contribution is 2.33. The first-order valence-electron chi connectivity index (χ1n) is 8.02. The van der Waals surface area contributed by atoms with Gasteiger partial charge in [0.05, 0.1) is 29.9 Å². The molecule has 2 aromatic carbocycles. The average Bonchev–Trinajstić information content (AvgIpc) is 3.05. The fourth-order valence-corrected chi connectivity index (χ4v) is 3.21. The minimum Gasteiger partial charge on any atom is -0.497 e. The highest BCUT2D eigenvalue weighted by atomic mass is 35.5. The molecule has 26 heavy (non-hydrogen) atoms. The van der Waals surface area contributed by atoms with Crippen LogP contribution in [0.3, 0.4) is 0 Å². The zero-order valence-electron chi connectivity index (χ0n) is 14.1. The lowest BCUT2D eigenvalue weighted by Crippen LogP contribution is -2.06. The van der Waals surface area contributed by atoms with Gasteiger partial charge in [-0.1, -0.05) is 23.2 Å². The predicted molar refractivity (Wildman–Crippen MR) is 104 cm³/mol. The van der Waals surface area contributed by atoms with Crippen LogP contribution in [-0.2, 0) is 11.2 Å². The smallest absolute Gasteiger partial charge is 0.303 e. The number of rotatable bonds is 6. The summed E-state index contributed by atoms with van der Waals surface area (Å²) in [5.41, 5.74) is 3.43. The number of hydrogen-bond acceptors (Lipinski definition) is 2.